The summed E-state index contributed by atoms with van der Waals surface area (Å²) in [4.78, 5) is 22.0. The largest absolute Gasteiger partial charge is 0.417 e. The van der Waals surface area contributed by atoms with Gasteiger partial charge in [0, 0.05) is 12.7 Å². The van der Waals surface area contributed by atoms with Crippen molar-refractivity contribution in [2.75, 3.05) is 12.4 Å². The zero-order valence-corrected chi connectivity index (χ0v) is 9.82. The first-order valence-corrected chi connectivity index (χ1v) is 5.03. The van der Waals surface area contributed by atoms with Crippen LogP contribution in [-0.2, 0) is 15.8 Å². The van der Waals surface area contributed by atoms with Crippen molar-refractivity contribution in [2.24, 2.45) is 0 Å². The molecule has 1 aromatic rings. The minimum absolute atomic E-state index is 0.166. The highest BCUT2D eigenvalue weighted by molar-refractivity contribution is 6.39. The molecule has 2 amide bonds. The normalized spacial score (nSPS) is 10.9. The van der Waals surface area contributed by atoms with Gasteiger partial charge in [0.2, 0.25) is 0 Å². The zero-order valence-electron chi connectivity index (χ0n) is 9.06. The molecule has 0 atom stereocenters. The van der Waals surface area contributed by atoms with Crippen LogP contribution in [0.4, 0.5) is 18.9 Å². The van der Waals surface area contributed by atoms with E-state index in [-0.39, 0.29) is 5.69 Å². The van der Waals surface area contributed by atoms with Gasteiger partial charge in [-0.1, -0.05) is 11.6 Å². The van der Waals surface area contributed by atoms with Gasteiger partial charge < -0.3 is 10.6 Å². The van der Waals surface area contributed by atoms with E-state index in [0.717, 1.165) is 6.07 Å². The molecule has 0 heterocycles. The third-order valence-corrected chi connectivity index (χ3v) is 2.29. The third kappa shape index (κ3) is 3.36. The predicted octanol–water partition coefficient (Wildman–Crippen LogP) is 2.04. The number of carbonyl (C=O) groups excluding carboxylic acids is 2. The molecule has 4 nitrogen and oxygen atoms in total. The zero-order chi connectivity index (χ0) is 13.9. The van der Waals surface area contributed by atoms with Crippen LogP contribution in [0.15, 0.2) is 18.2 Å². The lowest BCUT2D eigenvalue weighted by atomic mass is 10.2. The summed E-state index contributed by atoms with van der Waals surface area (Å²) in [6, 6.07) is 2.81. The molecule has 0 aromatic heterocycles. The van der Waals surface area contributed by atoms with Gasteiger partial charge in [0.25, 0.3) is 0 Å². The molecule has 0 fully saturated rings. The van der Waals surface area contributed by atoms with Gasteiger partial charge >= 0.3 is 18.0 Å². The van der Waals surface area contributed by atoms with Crippen molar-refractivity contribution in [3.63, 3.8) is 0 Å². The SMILES string of the molecule is CNC(=O)C(=O)Nc1ccc(Cl)c(C(F)(F)F)c1. The first-order chi connectivity index (χ1) is 8.25. The molecule has 98 valence electrons. The van der Waals surface area contributed by atoms with Gasteiger partial charge in [-0.05, 0) is 18.2 Å². The molecule has 0 saturated carbocycles. The lowest BCUT2D eigenvalue weighted by Crippen LogP contribution is -2.32. The Morgan fingerprint density at radius 2 is 1.83 bits per heavy atom. The van der Waals surface area contributed by atoms with E-state index < -0.39 is 28.6 Å². The van der Waals surface area contributed by atoms with E-state index in [2.05, 4.69) is 0 Å². The Balaban J connectivity index is 3.00. The average molecular weight is 281 g/mol. The van der Waals surface area contributed by atoms with Crippen molar-refractivity contribution in [2.45, 2.75) is 6.18 Å². The standard InChI is InChI=1S/C10H8ClF3N2O2/c1-15-8(17)9(18)16-5-2-3-7(11)6(4-5)10(12,13)14/h2-4H,1H3,(H,15,17)(H,16,18). The summed E-state index contributed by atoms with van der Waals surface area (Å²) in [7, 11) is 1.23. The molecule has 0 radical (unpaired) electrons. The summed E-state index contributed by atoms with van der Waals surface area (Å²) in [5.41, 5.74) is -1.25. The van der Waals surface area contributed by atoms with Crippen LogP contribution in [0.3, 0.4) is 0 Å². The quantitative estimate of drug-likeness (QED) is 0.774. The Kier molecular flexibility index (Phi) is 4.18. The maximum Gasteiger partial charge on any atom is 0.417 e. The second-order valence-corrected chi connectivity index (χ2v) is 3.63. The Labute approximate surface area is 105 Å². The number of hydrogen-bond acceptors (Lipinski definition) is 2. The van der Waals surface area contributed by atoms with E-state index in [1.54, 1.807) is 0 Å². The summed E-state index contributed by atoms with van der Waals surface area (Å²) in [5, 5.41) is 3.58. The molecule has 18 heavy (non-hydrogen) atoms. The van der Waals surface area contributed by atoms with Crippen molar-refractivity contribution in [1.29, 1.82) is 0 Å². The first-order valence-electron chi connectivity index (χ1n) is 4.65. The highest BCUT2D eigenvalue weighted by Gasteiger charge is 2.33. The number of hydrogen-bond donors (Lipinski definition) is 2. The minimum atomic E-state index is -4.63. The van der Waals surface area contributed by atoms with Crippen molar-refractivity contribution in [3.8, 4) is 0 Å². The summed E-state index contributed by atoms with van der Waals surface area (Å²) in [5.74, 6) is -2.02. The van der Waals surface area contributed by atoms with Crippen LogP contribution in [0.5, 0.6) is 0 Å². The van der Waals surface area contributed by atoms with Crippen LogP contribution in [0.1, 0.15) is 5.56 Å². The maximum atomic E-state index is 12.5. The number of halogens is 4. The van der Waals surface area contributed by atoms with Crippen LogP contribution in [0.2, 0.25) is 5.02 Å². The number of anilines is 1. The highest BCUT2D eigenvalue weighted by Crippen LogP contribution is 2.36. The van der Waals surface area contributed by atoms with Gasteiger partial charge in [0.05, 0.1) is 10.6 Å². The molecule has 0 unspecified atom stereocenters. The molecule has 0 aliphatic carbocycles. The fourth-order valence-corrected chi connectivity index (χ4v) is 1.35. The van der Waals surface area contributed by atoms with Crippen molar-refractivity contribution >= 4 is 29.1 Å². The predicted molar refractivity (Wildman–Crippen MR) is 59.2 cm³/mol. The molecular weight excluding hydrogens is 273 g/mol. The van der Waals surface area contributed by atoms with Crippen LogP contribution in [0.25, 0.3) is 0 Å². The van der Waals surface area contributed by atoms with Crippen LogP contribution in [0, 0.1) is 0 Å². The fourth-order valence-electron chi connectivity index (χ4n) is 1.12. The molecule has 0 spiro atoms. The van der Waals surface area contributed by atoms with Crippen LogP contribution >= 0.6 is 11.6 Å². The number of likely N-dealkylation sites (N-methyl/N-ethyl adjacent to an activating group) is 1. The Morgan fingerprint density at radius 1 is 1.22 bits per heavy atom. The van der Waals surface area contributed by atoms with E-state index >= 15 is 0 Å². The van der Waals surface area contributed by atoms with E-state index in [1.807, 2.05) is 10.6 Å². The van der Waals surface area contributed by atoms with Gasteiger partial charge in [-0.3, -0.25) is 9.59 Å². The second kappa shape index (κ2) is 5.26. The number of nitrogens with one attached hydrogen (secondary N) is 2. The van der Waals surface area contributed by atoms with Gasteiger partial charge in [-0.15, -0.1) is 0 Å². The van der Waals surface area contributed by atoms with Crippen LogP contribution in [-0.4, -0.2) is 18.9 Å². The molecule has 0 aliphatic heterocycles. The topological polar surface area (TPSA) is 58.2 Å². The summed E-state index contributed by atoms with van der Waals surface area (Å²) in [6.45, 7) is 0. The van der Waals surface area contributed by atoms with Crippen LogP contribution < -0.4 is 10.6 Å². The molecule has 1 rings (SSSR count). The first kappa shape index (κ1) is 14.3. The summed E-state index contributed by atoms with van der Waals surface area (Å²) >= 11 is 5.40. The molecule has 0 saturated heterocycles. The Morgan fingerprint density at radius 3 is 2.33 bits per heavy atom. The lowest BCUT2D eigenvalue weighted by molar-refractivity contribution is -0.137. The Hall–Kier alpha value is -1.76. The molecule has 0 aliphatic rings. The highest BCUT2D eigenvalue weighted by atomic mass is 35.5. The molecule has 1 aromatic carbocycles. The van der Waals surface area contributed by atoms with Gasteiger partial charge in [0.15, 0.2) is 0 Å². The second-order valence-electron chi connectivity index (χ2n) is 3.23. The number of amides is 2. The molecular formula is C10H8ClF3N2O2. The van der Waals surface area contributed by atoms with Crippen molar-refractivity contribution in [3.05, 3.63) is 28.8 Å². The summed E-state index contributed by atoms with van der Waals surface area (Å²) in [6.07, 6.45) is -4.63. The third-order valence-electron chi connectivity index (χ3n) is 1.96. The van der Waals surface area contributed by atoms with Crippen molar-refractivity contribution < 1.29 is 22.8 Å². The Bertz CT molecular complexity index is 489. The minimum Gasteiger partial charge on any atom is -0.351 e. The van der Waals surface area contributed by atoms with E-state index in [9.17, 15) is 22.8 Å². The smallest absolute Gasteiger partial charge is 0.351 e. The van der Waals surface area contributed by atoms with E-state index in [0.29, 0.717) is 6.07 Å². The van der Waals surface area contributed by atoms with E-state index in [1.165, 1.54) is 13.1 Å². The average Bonchev–Trinajstić information content (AvgIpc) is 2.29. The maximum absolute atomic E-state index is 12.5. The monoisotopic (exact) mass is 280 g/mol. The number of alkyl halides is 3. The van der Waals surface area contributed by atoms with E-state index in [4.69, 9.17) is 11.6 Å². The number of benzene rings is 1. The molecule has 0 bridgehead atoms. The van der Waals surface area contributed by atoms with Gasteiger partial charge in [0.1, 0.15) is 0 Å². The molecule has 2 N–H and O–H groups in total. The van der Waals surface area contributed by atoms with Gasteiger partial charge in [-0.2, -0.15) is 13.2 Å². The summed E-state index contributed by atoms with van der Waals surface area (Å²) < 4.78 is 37.5. The van der Waals surface area contributed by atoms with Crippen molar-refractivity contribution in [1.82, 2.24) is 5.32 Å². The van der Waals surface area contributed by atoms with Gasteiger partial charge in [-0.25, -0.2) is 0 Å². The number of carbonyl (C=O) groups is 2. The fraction of sp³-hybridized carbons (Fsp3) is 0.200. The lowest BCUT2D eigenvalue weighted by Gasteiger charge is -2.11. The molecule has 8 heteroatoms. The number of rotatable bonds is 1.